The Kier molecular flexibility index (Phi) is 3.60. The molecule has 0 spiro atoms. The molecule has 3 aromatic rings. The molecular weight excluding hydrogens is 272 g/mol. The van der Waals surface area contributed by atoms with E-state index in [4.69, 9.17) is 0 Å². The molecule has 0 fully saturated rings. The van der Waals surface area contributed by atoms with Crippen LogP contribution in [0.25, 0.3) is 10.1 Å². The molecule has 3 rings (SSSR count). The second kappa shape index (κ2) is 5.37. The minimum Gasteiger partial charge on any atom is -0.392 e. The molecule has 3 heteroatoms. The van der Waals surface area contributed by atoms with Gasteiger partial charge in [-0.05, 0) is 30.7 Å². The van der Waals surface area contributed by atoms with E-state index in [-0.39, 0.29) is 6.61 Å². The zero-order valence-corrected chi connectivity index (χ0v) is 12.2. The number of aliphatic hydroxyl groups excluding tert-OH is 1. The molecule has 0 aliphatic rings. The van der Waals surface area contributed by atoms with Crippen LogP contribution in [0.3, 0.4) is 0 Å². The smallest absolute Gasteiger partial charge is 0.0692 e. The Morgan fingerprint density at radius 2 is 1.95 bits per heavy atom. The number of thiophene rings is 1. The van der Waals surface area contributed by atoms with Gasteiger partial charge >= 0.3 is 0 Å². The highest BCUT2D eigenvalue weighted by molar-refractivity contribution is 7.99. The largest absolute Gasteiger partial charge is 0.392 e. The Balaban J connectivity index is 2.03. The molecule has 0 atom stereocenters. The minimum atomic E-state index is 0.0876. The van der Waals surface area contributed by atoms with Crippen molar-refractivity contribution in [3.63, 3.8) is 0 Å². The summed E-state index contributed by atoms with van der Waals surface area (Å²) in [4.78, 5) is 2.40. The van der Waals surface area contributed by atoms with Crippen LogP contribution in [0.15, 0.2) is 57.6 Å². The molecule has 96 valence electrons. The summed E-state index contributed by atoms with van der Waals surface area (Å²) in [5, 5.41) is 12.9. The Hall–Kier alpha value is -1.29. The zero-order chi connectivity index (χ0) is 13.2. The monoisotopic (exact) mass is 286 g/mol. The predicted octanol–water partition coefficient (Wildman–Crippen LogP) is 4.85. The maximum atomic E-state index is 9.39. The Morgan fingerprint density at radius 1 is 1.11 bits per heavy atom. The van der Waals surface area contributed by atoms with Gasteiger partial charge in [0.1, 0.15) is 0 Å². The lowest BCUT2D eigenvalue weighted by Gasteiger charge is -2.06. The second-order valence-electron chi connectivity index (χ2n) is 4.47. The van der Waals surface area contributed by atoms with Gasteiger partial charge in [-0.25, -0.2) is 0 Å². The van der Waals surface area contributed by atoms with Crippen LogP contribution >= 0.6 is 23.1 Å². The van der Waals surface area contributed by atoms with Crippen molar-refractivity contribution in [2.24, 2.45) is 0 Å². The molecule has 0 radical (unpaired) electrons. The van der Waals surface area contributed by atoms with Crippen LogP contribution in [0.4, 0.5) is 0 Å². The molecule has 0 unspecified atom stereocenters. The van der Waals surface area contributed by atoms with Gasteiger partial charge in [0.15, 0.2) is 0 Å². The number of benzene rings is 2. The highest BCUT2D eigenvalue weighted by atomic mass is 32.2. The Morgan fingerprint density at radius 3 is 2.79 bits per heavy atom. The third-order valence-corrected chi connectivity index (χ3v) is 5.34. The molecule has 19 heavy (non-hydrogen) atoms. The summed E-state index contributed by atoms with van der Waals surface area (Å²) in [6.45, 7) is 2.21. The first-order valence-electron chi connectivity index (χ1n) is 6.12. The van der Waals surface area contributed by atoms with Gasteiger partial charge in [0.2, 0.25) is 0 Å². The predicted molar refractivity (Wildman–Crippen MR) is 83.0 cm³/mol. The van der Waals surface area contributed by atoms with Crippen LogP contribution in [0, 0.1) is 6.92 Å². The van der Waals surface area contributed by atoms with E-state index in [1.54, 1.807) is 23.1 Å². The van der Waals surface area contributed by atoms with E-state index in [0.29, 0.717) is 0 Å². The first-order valence-corrected chi connectivity index (χ1v) is 7.82. The summed E-state index contributed by atoms with van der Waals surface area (Å²) in [5.74, 6) is 0. The third-order valence-electron chi connectivity index (χ3n) is 3.06. The van der Waals surface area contributed by atoms with Crippen LogP contribution in [0.2, 0.25) is 0 Å². The lowest BCUT2D eigenvalue weighted by Crippen LogP contribution is -1.86. The molecule has 0 aliphatic heterocycles. The van der Waals surface area contributed by atoms with Crippen molar-refractivity contribution >= 4 is 33.2 Å². The van der Waals surface area contributed by atoms with Crippen molar-refractivity contribution in [1.82, 2.24) is 0 Å². The van der Waals surface area contributed by atoms with Crippen LogP contribution < -0.4 is 0 Å². The van der Waals surface area contributed by atoms with Crippen molar-refractivity contribution in [3.05, 3.63) is 59.0 Å². The van der Waals surface area contributed by atoms with E-state index in [1.807, 2.05) is 18.2 Å². The normalized spacial score (nSPS) is 11.1. The van der Waals surface area contributed by atoms with Gasteiger partial charge in [-0.15, -0.1) is 11.3 Å². The molecule has 1 nitrogen and oxygen atoms in total. The molecule has 0 saturated heterocycles. The number of aryl methyl sites for hydroxylation is 1. The maximum Gasteiger partial charge on any atom is 0.0692 e. The summed E-state index contributed by atoms with van der Waals surface area (Å²) in [5.41, 5.74) is 2.27. The number of aliphatic hydroxyl groups is 1. The van der Waals surface area contributed by atoms with E-state index in [0.717, 1.165) is 10.5 Å². The van der Waals surface area contributed by atoms with E-state index in [2.05, 4.69) is 36.6 Å². The highest BCUT2D eigenvalue weighted by Crippen LogP contribution is 2.39. The van der Waals surface area contributed by atoms with Crippen LogP contribution in [0.1, 0.15) is 11.1 Å². The van der Waals surface area contributed by atoms with Gasteiger partial charge in [0.05, 0.1) is 6.61 Å². The van der Waals surface area contributed by atoms with E-state index in [9.17, 15) is 5.11 Å². The van der Waals surface area contributed by atoms with Crippen LogP contribution in [-0.4, -0.2) is 5.11 Å². The SMILES string of the molecule is Cc1ccc2scc(Sc3ccccc3CO)c2c1. The van der Waals surface area contributed by atoms with E-state index >= 15 is 0 Å². The van der Waals surface area contributed by atoms with Crippen molar-refractivity contribution < 1.29 is 5.11 Å². The maximum absolute atomic E-state index is 9.39. The summed E-state index contributed by atoms with van der Waals surface area (Å²) in [6, 6.07) is 14.6. The van der Waals surface area contributed by atoms with E-state index < -0.39 is 0 Å². The fourth-order valence-electron chi connectivity index (χ4n) is 2.05. The molecule has 2 aromatic carbocycles. The molecule has 1 heterocycles. The van der Waals surface area contributed by atoms with Gasteiger partial charge < -0.3 is 5.11 Å². The van der Waals surface area contributed by atoms with E-state index in [1.165, 1.54) is 20.5 Å². The van der Waals surface area contributed by atoms with Crippen molar-refractivity contribution in [3.8, 4) is 0 Å². The molecule has 0 aliphatic carbocycles. The van der Waals surface area contributed by atoms with Gasteiger partial charge in [0.25, 0.3) is 0 Å². The van der Waals surface area contributed by atoms with Gasteiger partial charge in [-0.2, -0.15) is 0 Å². The van der Waals surface area contributed by atoms with Gasteiger partial charge in [-0.3, -0.25) is 0 Å². The molecule has 1 aromatic heterocycles. The highest BCUT2D eigenvalue weighted by Gasteiger charge is 2.08. The number of hydrogen-bond acceptors (Lipinski definition) is 3. The molecule has 1 N–H and O–H groups in total. The summed E-state index contributed by atoms with van der Waals surface area (Å²) in [6.07, 6.45) is 0. The van der Waals surface area contributed by atoms with Gasteiger partial charge in [0, 0.05) is 25.3 Å². The number of fused-ring (bicyclic) bond motifs is 1. The van der Waals surface area contributed by atoms with Crippen LogP contribution in [-0.2, 0) is 6.61 Å². The summed E-state index contributed by atoms with van der Waals surface area (Å²) >= 11 is 3.51. The number of hydrogen-bond donors (Lipinski definition) is 1. The summed E-state index contributed by atoms with van der Waals surface area (Å²) in [7, 11) is 0. The minimum absolute atomic E-state index is 0.0876. The Bertz CT molecular complexity index is 716. The lowest BCUT2D eigenvalue weighted by molar-refractivity contribution is 0.279. The topological polar surface area (TPSA) is 20.2 Å². The zero-order valence-electron chi connectivity index (χ0n) is 10.6. The second-order valence-corrected chi connectivity index (χ2v) is 6.46. The van der Waals surface area contributed by atoms with Crippen molar-refractivity contribution in [2.75, 3.05) is 0 Å². The average molecular weight is 286 g/mol. The lowest BCUT2D eigenvalue weighted by atomic mass is 10.2. The standard InChI is InChI=1S/C16H14OS2/c1-11-6-7-15-13(8-11)16(10-18-15)19-14-5-3-2-4-12(14)9-17/h2-8,10,17H,9H2,1H3. The molecular formula is C16H14OS2. The Labute approximate surface area is 120 Å². The molecule has 0 saturated carbocycles. The first kappa shape index (κ1) is 12.7. The third kappa shape index (κ3) is 2.54. The van der Waals surface area contributed by atoms with Crippen molar-refractivity contribution in [2.45, 2.75) is 23.3 Å². The molecule has 0 bridgehead atoms. The fourth-order valence-corrected chi connectivity index (χ4v) is 4.18. The van der Waals surface area contributed by atoms with Crippen molar-refractivity contribution in [1.29, 1.82) is 0 Å². The first-order chi connectivity index (χ1) is 9.28. The van der Waals surface area contributed by atoms with Gasteiger partial charge in [-0.1, -0.05) is 41.6 Å². The average Bonchev–Trinajstić information content (AvgIpc) is 2.82. The quantitative estimate of drug-likeness (QED) is 0.742. The molecule has 0 amide bonds. The van der Waals surface area contributed by atoms with Crippen LogP contribution in [0.5, 0.6) is 0 Å². The summed E-state index contributed by atoms with van der Waals surface area (Å²) < 4.78 is 1.31. The fraction of sp³-hybridized carbons (Fsp3) is 0.125. The number of rotatable bonds is 3.